The molecule has 0 radical (unpaired) electrons. The topological polar surface area (TPSA) is 27.7 Å². The number of benzene rings is 3. The number of ether oxygens (including phenoxy) is 3. The molecule has 0 aliphatic carbocycles. The molecule has 39 heavy (non-hydrogen) atoms. The third-order valence-corrected chi connectivity index (χ3v) is 6.79. The second-order valence-electron chi connectivity index (χ2n) is 9.50. The van der Waals surface area contributed by atoms with E-state index in [1.54, 1.807) is 36.4 Å². The van der Waals surface area contributed by atoms with Crippen LogP contribution in [0.5, 0.6) is 0 Å². The van der Waals surface area contributed by atoms with Crippen molar-refractivity contribution in [3.8, 4) is 0 Å². The lowest BCUT2D eigenvalue weighted by atomic mass is 9.82. The lowest BCUT2D eigenvalue weighted by molar-refractivity contribution is -0.328. The van der Waals surface area contributed by atoms with Crippen LogP contribution in [0.4, 0.5) is 26.3 Å². The van der Waals surface area contributed by atoms with E-state index in [0.29, 0.717) is 24.1 Å². The SMILES string of the molecule is C=CC1CCOC(OC(C)(OCc2ccccc2)c2cc(C(F)(F)F)cc(C(F)(F)F)c2)C1c1ccccc1. The standard InChI is InChI=1S/C30H28F6O3/c1-3-21-14-15-37-27(26(21)22-12-8-5-9-13-22)39-28(2,38-19-20-10-6-4-7-11-20)23-16-24(29(31,32)33)18-25(17-23)30(34,35)36/h3-13,16-18,21,26-27H,1,14-15,19H2,2H3. The average Bonchev–Trinajstić information content (AvgIpc) is 2.91. The fourth-order valence-corrected chi connectivity index (χ4v) is 4.68. The van der Waals surface area contributed by atoms with Gasteiger partial charge in [0.25, 0.3) is 0 Å². The summed E-state index contributed by atoms with van der Waals surface area (Å²) >= 11 is 0. The Kier molecular flexibility index (Phi) is 8.54. The van der Waals surface area contributed by atoms with Crippen LogP contribution < -0.4 is 0 Å². The molecule has 4 rings (SSSR count). The maximum absolute atomic E-state index is 13.7. The highest BCUT2D eigenvalue weighted by Gasteiger charge is 2.44. The van der Waals surface area contributed by atoms with Crippen LogP contribution in [0.2, 0.25) is 0 Å². The third-order valence-electron chi connectivity index (χ3n) is 6.79. The monoisotopic (exact) mass is 550 g/mol. The molecule has 4 atom stereocenters. The molecule has 4 unspecified atom stereocenters. The second-order valence-corrected chi connectivity index (χ2v) is 9.50. The molecule has 3 nitrogen and oxygen atoms in total. The van der Waals surface area contributed by atoms with Gasteiger partial charge in [-0.3, -0.25) is 0 Å². The molecule has 0 saturated carbocycles. The molecular weight excluding hydrogens is 522 g/mol. The van der Waals surface area contributed by atoms with Crippen LogP contribution in [0.3, 0.4) is 0 Å². The Morgan fingerprint density at radius 2 is 1.38 bits per heavy atom. The smallest absolute Gasteiger partial charge is 0.352 e. The summed E-state index contributed by atoms with van der Waals surface area (Å²) in [5.41, 5.74) is -1.87. The van der Waals surface area contributed by atoms with E-state index in [9.17, 15) is 26.3 Å². The summed E-state index contributed by atoms with van der Waals surface area (Å²) in [6.45, 7) is 5.35. The van der Waals surface area contributed by atoms with Crippen molar-refractivity contribution in [1.29, 1.82) is 0 Å². The van der Waals surface area contributed by atoms with Gasteiger partial charge in [-0.05, 0) is 48.6 Å². The van der Waals surface area contributed by atoms with Crippen LogP contribution >= 0.6 is 0 Å². The van der Waals surface area contributed by atoms with Crippen molar-refractivity contribution in [2.24, 2.45) is 5.92 Å². The Bertz CT molecular complexity index is 1210. The van der Waals surface area contributed by atoms with E-state index >= 15 is 0 Å². The summed E-state index contributed by atoms with van der Waals surface area (Å²) in [6, 6.07) is 19.3. The predicted molar refractivity (Wildman–Crippen MR) is 133 cm³/mol. The molecule has 1 fully saturated rings. The first kappa shape index (κ1) is 28.9. The van der Waals surface area contributed by atoms with Gasteiger partial charge in [-0.25, -0.2) is 0 Å². The van der Waals surface area contributed by atoms with Crippen molar-refractivity contribution in [2.45, 2.75) is 50.3 Å². The fraction of sp³-hybridized carbons (Fsp3) is 0.333. The first-order chi connectivity index (χ1) is 18.4. The largest absolute Gasteiger partial charge is 0.416 e. The van der Waals surface area contributed by atoms with Crippen molar-refractivity contribution in [2.75, 3.05) is 6.61 Å². The molecule has 0 N–H and O–H groups in total. The van der Waals surface area contributed by atoms with E-state index in [1.807, 2.05) is 30.3 Å². The lowest BCUT2D eigenvalue weighted by Crippen LogP contribution is -2.43. The first-order valence-corrected chi connectivity index (χ1v) is 12.4. The summed E-state index contributed by atoms with van der Waals surface area (Å²) in [6.07, 6.45) is -8.73. The van der Waals surface area contributed by atoms with E-state index in [4.69, 9.17) is 14.2 Å². The highest BCUT2D eigenvalue weighted by molar-refractivity contribution is 5.36. The summed E-state index contributed by atoms with van der Waals surface area (Å²) in [5.74, 6) is -2.58. The zero-order valence-electron chi connectivity index (χ0n) is 21.1. The van der Waals surface area contributed by atoms with Crippen molar-refractivity contribution in [3.05, 3.63) is 119 Å². The fourth-order valence-electron chi connectivity index (χ4n) is 4.68. The van der Waals surface area contributed by atoms with E-state index in [0.717, 1.165) is 5.56 Å². The summed E-state index contributed by atoms with van der Waals surface area (Å²) in [5, 5.41) is 0. The number of allylic oxidation sites excluding steroid dienone is 1. The second kappa shape index (κ2) is 11.5. The Morgan fingerprint density at radius 3 is 1.92 bits per heavy atom. The number of hydrogen-bond acceptors (Lipinski definition) is 3. The summed E-state index contributed by atoms with van der Waals surface area (Å²) < 4.78 is 101. The van der Waals surface area contributed by atoms with Gasteiger partial charge >= 0.3 is 12.4 Å². The van der Waals surface area contributed by atoms with E-state index in [1.165, 1.54) is 6.92 Å². The van der Waals surface area contributed by atoms with Gasteiger partial charge < -0.3 is 14.2 Å². The van der Waals surface area contributed by atoms with Crippen molar-refractivity contribution in [3.63, 3.8) is 0 Å². The molecule has 1 heterocycles. The molecule has 3 aromatic carbocycles. The highest BCUT2D eigenvalue weighted by atomic mass is 19.4. The van der Waals surface area contributed by atoms with E-state index in [2.05, 4.69) is 6.58 Å². The van der Waals surface area contributed by atoms with Gasteiger partial charge in [0.2, 0.25) is 0 Å². The van der Waals surface area contributed by atoms with E-state index < -0.39 is 47.0 Å². The average molecular weight is 551 g/mol. The van der Waals surface area contributed by atoms with Crippen LogP contribution in [-0.2, 0) is 39.0 Å². The number of hydrogen-bond donors (Lipinski definition) is 0. The van der Waals surface area contributed by atoms with Gasteiger partial charge in [-0.15, -0.1) is 6.58 Å². The lowest BCUT2D eigenvalue weighted by Gasteiger charge is -2.42. The van der Waals surface area contributed by atoms with Crippen molar-refractivity contribution < 1.29 is 40.6 Å². The maximum atomic E-state index is 13.7. The molecule has 0 spiro atoms. The molecule has 9 heteroatoms. The van der Waals surface area contributed by atoms with Crippen LogP contribution in [0.25, 0.3) is 0 Å². The van der Waals surface area contributed by atoms with Crippen molar-refractivity contribution >= 4 is 0 Å². The quantitative estimate of drug-likeness (QED) is 0.160. The van der Waals surface area contributed by atoms with Crippen LogP contribution in [-0.4, -0.2) is 12.9 Å². The number of alkyl halides is 6. The van der Waals surface area contributed by atoms with Gasteiger partial charge in [0.1, 0.15) is 0 Å². The summed E-state index contributed by atoms with van der Waals surface area (Å²) in [4.78, 5) is 0. The number of rotatable bonds is 8. The zero-order chi connectivity index (χ0) is 28.3. The Hall–Kier alpha value is -3.14. The normalized spacial score (nSPS) is 21.8. The molecule has 1 aliphatic heterocycles. The highest BCUT2D eigenvalue weighted by Crippen LogP contribution is 2.44. The number of halogens is 6. The van der Waals surface area contributed by atoms with Gasteiger partial charge in [-0.2, -0.15) is 26.3 Å². The molecule has 208 valence electrons. The predicted octanol–water partition coefficient (Wildman–Crippen LogP) is 8.46. The zero-order valence-corrected chi connectivity index (χ0v) is 21.1. The van der Waals surface area contributed by atoms with Crippen LogP contribution in [0, 0.1) is 5.92 Å². The van der Waals surface area contributed by atoms with E-state index in [-0.39, 0.29) is 25.2 Å². The maximum Gasteiger partial charge on any atom is 0.416 e. The molecule has 3 aromatic rings. The van der Waals surface area contributed by atoms with Crippen LogP contribution in [0.15, 0.2) is 91.5 Å². The van der Waals surface area contributed by atoms with Gasteiger partial charge in [0.05, 0.1) is 24.3 Å². The minimum absolute atomic E-state index is 0.0821. The Morgan fingerprint density at radius 1 is 0.846 bits per heavy atom. The van der Waals surface area contributed by atoms with Gasteiger partial charge in [-0.1, -0.05) is 66.7 Å². The molecule has 0 aromatic heterocycles. The van der Waals surface area contributed by atoms with Gasteiger partial charge in [0.15, 0.2) is 12.1 Å². The Labute approximate surface area is 223 Å². The molecule has 1 aliphatic rings. The first-order valence-electron chi connectivity index (χ1n) is 12.4. The molecule has 0 amide bonds. The van der Waals surface area contributed by atoms with Crippen molar-refractivity contribution in [1.82, 2.24) is 0 Å². The minimum Gasteiger partial charge on any atom is -0.352 e. The third kappa shape index (κ3) is 6.90. The molecule has 1 saturated heterocycles. The minimum atomic E-state index is -5.03. The Balaban J connectivity index is 1.81. The van der Waals surface area contributed by atoms with Gasteiger partial charge in [0, 0.05) is 11.5 Å². The summed E-state index contributed by atoms with van der Waals surface area (Å²) in [7, 11) is 0. The molecular formula is C30H28F6O3. The van der Waals surface area contributed by atoms with Crippen LogP contribution in [0.1, 0.15) is 47.1 Å². The molecule has 0 bridgehead atoms.